The second kappa shape index (κ2) is 3.96. The number of nitrogens with zero attached hydrogens (tertiary/aromatic N) is 1. The average molecular weight is 192 g/mol. The summed E-state index contributed by atoms with van der Waals surface area (Å²) >= 11 is 0. The van der Waals surface area contributed by atoms with Crippen LogP contribution in [0.4, 0.5) is 0 Å². The maximum atomic E-state index is 11.6. The first-order valence-corrected chi connectivity index (χ1v) is 5.17. The Morgan fingerprint density at radius 2 is 2.43 bits per heavy atom. The topological polar surface area (TPSA) is 34.0 Å². The van der Waals surface area contributed by atoms with Crippen molar-refractivity contribution in [3.63, 3.8) is 0 Å². The maximum absolute atomic E-state index is 11.6. The second-order valence-electron chi connectivity index (χ2n) is 3.91. The molecule has 0 bridgehead atoms. The van der Waals surface area contributed by atoms with Gasteiger partial charge in [0.25, 0.3) is 5.56 Å². The van der Waals surface area contributed by atoms with Crippen molar-refractivity contribution >= 4 is 0 Å². The molecule has 0 saturated carbocycles. The van der Waals surface area contributed by atoms with Gasteiger partial charge in [-0.05, 0) is 32.4 Å². The Hall–Kier alpha value is -1.09. The number of pyridine rings is 1. The fraction of sp³-hybridized carbons (Fsp3) is 0.545. The minimum absolute atomic E-state index is 0.110. The van der Waals surface area contributed by atoms with Crippen molar-refractivity contribution in [2.45, 2.75) is 32.4 Å². The summed E-state index contributed by atoms with van der Waals surface area (Å²) in [6, 6.07) is 5.91. The molecule has 3 heteroatoms. The van der Waals surface area contributed by atoms with E-state index in [0.717, 1.165) is 18.8 Å². The van der Waals surface area contributed by atoms with Gasteiger partial charge in [0.1, 0.15) is 0 Å². The van der Waals surface area contributed by atoms with Gasteiger partial charge in [-0.1, -0.05) is 6.07 Å². The van der Waals surface area contributed by atoms with Gasteiger partial charge in [0.15, 0.2) is 0 Å². The van der Waals surface area contributed by atoms with Gasteiger partial charge in [-0.2, -0.15) is 0 Å². The average Bonchev–Trinajstić information content (AvgIpc) is 2.64. The Morgan fingerprint density at radius 3 is 3.07 bits per heavy atom. The van der Waals surface area contributed by atoms with E-state index in [1.807, 2.05) is 23.6 Å². The summed E-state index contributed by atoms with van der Waals surface area (Å²) in [5.41, 5.74) is 1.16. The zero-order chi connectivity index (χ0) is 9.97. The van der Waals surface area contributed by atoms with Gasteiger partial charge in [-0.15, -0.1) is 0 Å². The van der Waals surface area contributed by atoms with Crippen LogP contribution in [0.25, 0.3) is 0 Å². The molecule has 3 nitrogen and oxygen atoms in total. The third kappa shape index (κ3) is 1.87. The summed E-state index contributed by atoms with van der Waals surface area (Å²) in [5, 5.41) is 3.40. The molecular formula is C11H16N2O. The van der Waals surface area contributed by atoms with Crippen molar-refractivity contribution in [1.29, 1.82) is 0 Å². The van der Waals surface area contributed by atoms with Crippen LogP contribution in [0, 0.1) is 6.92 Å². The third-order valence-electron chi connectivity index (χ3n) is 2.83. The van der Waals surface area contributed by atoms with E-state index >= 15 is 0 Å². The molecule has 2 rings (SSSR count). The minimum atomic E-state index is 0.110. The van der Waals surface area contributed by atoms with E-state index in [0.29, 0.717) is 6.04 Å². The van der Waals surface area contributed by atoms with E-state index in [4.69, 9.17) is 0 Å². The highest BCUT2D eigenvalue weighted by Gasteiger charge is 2.15. The summed E-state index contributed by atoms with van der Waals surface area (Å²) in [6.07, 6.45) is 2.41. The largest absolute Gasteiger partial charge is 0.312 e. The van der Waals surface area contributed by atoms with E-state index < -0.39 is 0 Å². The van der Waals surface area contributed by atoms with Crippen LogP contribution in [0.2, 0.25) is 0 Å². The van der Waals surface area contributed by atoms with Crippen molar-refractivity contribution in [1.82, 2.24) is 9.88 Å². The molecule has 0 aromatic carbocycles. The Morgan fingerprint density at radius 1 is 1.57 bits per heavy atom. The van der Waals surface area contributed by atoms with Crippen LogP contribution >= 0.6 is 0 Å². The smallest absolute Gasteiger partial charge is 0.250 e. The van der Waals surface area contributed by atoms with Crippen molar-refractivity contribution < 1.29 is 0 Å². The van der Waals surface area contributed by atoms with E-state index in [1.54, 1.807) is 6.07 Å². The molecule has 1 aliphatic rings. The number of hydrogen-bond acceptors (Lipinski definition) is 2. The normalized spacial score (nSPS) is 21.4. The quantitative estimate of drug-likeness (QED) is 0.755. The van der Waals surface area contributed by atoms with Gasteiger partial charge < -0.3 is 9.88 Å². The Balaban J connectivity index is 2.19. The predicted octanol–water partition coefficient (Wildman–Crippen LogP) is 0.909. The molecule has 0 unspecified atom stereocenters. The van der Waals surface area contributed by atoms with Crippen molar-refractivity contribution in [3.05, 3.63) is 34.2 Å². The van der Waals surface area contributed by atoms with Gasteiger partial charge in [0.2, 0.25) is 0 Å². The lowest BCUT2D eigenvalue weighted by molar-refractivity contribution is 0.492. The molecular weight excluding hydrogens is 176 g/mol. The fourth-order valence-corrected chi connectivity index (χ4v) is 1.99. The Bertz CT molecular complexity index is 364. The zero-order valence-electron chi connectivity index (χ0n) is 8.49. The fourth-order valence-electron chi connectivity index (χ4n) is 1.99. The van der Waals surface area contributed by atoms with Crippen molar-refractivity contribution in [2.75, 3.05) is 6.54 Å². The second-order valence-corrected chi connectivity index (χ2v) is 3.91. The summed E-state index contributed by atoms with van der Waals surface area (Å²) in [5.74, 6) is 0. The lowest BCUT2D eigenvalue weighted by Gasteiger charge is -2.14. The number of nitrogens with one attached hydrogen (secondary N) is 1. The Labute approximate surface area is 83.8 Å². The number of rotatable bonds is 2. The highest BCUT2D eigenvalue weighted by atomic mass is 16.1. The van der Waals surface area contributed by atoms with Crippen LogP contribution in [-0.2, 0) is 6.54 Å². The molecule has 1 aromatic heterocycles. The summed E-state index contributed by atoms with van der Waals surface area (Å²) in [7, 11) is 0. The molecule has 1 atom stereocenters. The molecule has 2 heterocycles. The van der Waals surface area contributed by atoms with E-state index in [1.165, 1.54) is 12.8 Å². The third-order valence-corrected chi connectivity index (χ3v) is 2.83. The molecule has 14 heavy (non-hydrogen) atoms. The van der Waals surface area contributed by atoms with Gasteiger partial charge in [0.05, 0.1) is 0 Å². The molecule has 1 N–H and O–H groups in total. The highest BCUT2D eigenvalue weighted by Crippen LogP contribution is 2.07. The van der Waals surface area contributed by atoms with E-state index in [9.17, 15) is 4.79 Å². The maximum Gasteiger partial charge on any atom is 0.250 e. The zero-order valence-corrected chi connectivity index (χ0v) is 8.49. The van der Waals surface area contributed by atoms with Gasteiger partial charge >= 0.3 is 0 Å². The van der Waals surface area contributed by atoms with Crippen molar-refractivity contribution in [3.8, 4) is 0 Å². The molecule has 1 fully saturated rings. The first-order chi connectivity index (χ1) is 6.77. The van der Waals surface area contributed by atoms with Gasteiger partial charge in [0, 0.05) is 24.3 Å². The standard InChI is InChI=1S/C11H16N2O/c1-9-4-2-6-11(14)13(9)8-10-5-3-7-12-10/h2,4,6,10,12H,3,5,7-8H2,1H3/t10-/m0/s1. The molecule has 0 radical (unpaired) electrons. The van der Waals surface area contributed by atoms with E-state index in [-0.39, 0.29) is 5.56 Å². The summed E-state index contributed by atoms with van der Waals surface area (Å²) in [6.45, 7) is 3.88. The lowest BCUT2D eigenvalue weighted by Crippen LogP contribution is -2.32. The molecule has 76 valence electrons. The monoisotopic (exact) mass is 192 g/mol. The number of hydrogen-bond donors (Lipinski definition) is 1. The molecule has 0 amide bonds. The first-order valence-electron chi connectivity index (χ1n) is 5.17. The first kappa shape index (κ1) is 9.46. The Kier molecular flexibility index (Phi) is 2.68. The van der Waals surface area contributed by atoms with Crippen LogP contribution in [0.1, 0.15) is 18.5 Å². The molecule has 1 aliphatic heterocycles. The SMILES string of the molecule is Cc1cccc(=O)n1C[C@@H]1CCCN1. The van der Waals surface area contributed by atoms with Crippen LogP contribution in [-0.4, -0.2) is 17.2 Å². The van der Waals surface area contributed by atoms with Crippen LogP contribution in [0.15, 0.2) is 23.0 Å². The van der Waals surface area contributed by atoms with Gasteiger partial charge in [-0.3, -0.25) is 4.79 Å². The van der Waals surface area contributed by atoms with Crippen molar-refractivity contribution in [2.24, 2.45) is 0 Å². The van der Waals surface area contributed by atoms with E-state index in [2.05, 4.69) is 5.32 Å². The van der Waals surface area contributed by atoms with Gasteiger partial charge in [-0.25, -0.2) is 0 Å². The minimum Gasteiger partial charge on any atom is -0.312 e. The van der Waals surface area contributed by atoms with Crippen LogP contribution < -0.4 is 10.9 Å². The number of aryl methyl sites for hydroxylation is 1. The van der Waals surface area contributed by atoms with Crippen LogP contribution in [0.3, 0.4) is 0 Å². The number of aromatic nitrogens is 1. The molecule has 0 aliphatic carbocycles. The molecule has 0 spiro atoms. The van der Waals surface area contributed by atoms with Crippen LogP contribution in [0.5, 0.6) is 0 Å². The highest BCUT2D eigenvalue weighted by molar-refractivity contribution is 5.04. The summed E-state index contributed by atoms with van der Waals surface area (Å²) < 4.78 is 1.85. The summed E-state index contributed by atoms with van der Waals surface area (Å²) in [4.78, 5) is 11.6. The predicted molar refractivity (Wildman–Crippen MR) is 56.5 cm³/mol. The molecule has 1 saturated heterocycles. The molecule has 1 aromatic rings. The lowest BCUT2D eigenvalue weighted by atomic mass is 10.2.